The standard InChI is InChI=1S/C16H23FN2O2/c1-10(2)8-14(16(21)19(4)5)18-15(20)12-9-11(3)6-7-13(12)17/h6-7,9-10,14H,8H2,1-5H3,(H,18,20). The molecule has 5 heteroatoms. The molecule has 4 nitrogen and oxygen atoms in total. The van der Waals surface area contributed by atoms with Crippen molar-refractivity contribution in [2.24, 2.45) is 5.92 Å². The van der Waals surface area contributed by atoms with Crippen molar-refractivity contribution in [3.8, 4) is 0 Å². The van der Waals surface area contributed by atoms with Crippen molar-refractivity contribution in [1.82, 2.24) is 10.2 Å². The van der Waals surface area contributed by atoms with Crippen LogP contribution in [0.5, 0.6) is 0 Å². The van der Waals surface area contributed by atoms with E-state index in [1.54, 1.807) is 27.1 Å². The highest BCUT2D eigenvalue weighted by Gasteiger charge is 2.24. The molecule has 1 atom stereocenters. The van der Waals surface area contributed by atoms with Gasteiger partial charge in [0, 0.05) is 14.1 Å². The molecule has 1 aromatic carbocycles. The van der Waals surface area contributed by atoms with Gasteiger partial charge in [-0.05, 0) is 31.4 Å². The Hall–Kier alpha value is -1.91. The fraction of sp³-hybridized carbons (Fsp3) is 0.500. The summed E-state index contributed by atoms with van der Waals surface area (Å²) in [6.07, 6.45) is 0.510. The molecule has 116 valence electrons. The van der Waals surface area contributed by atoms with E-state index in [0.717, 1.165) is 5.56 Å². The van der Waals surface area contributed by atoms with Crippen molar-refractivity contribution < 1.29 is 14.0 Å². The number of carbonyl (C=O) groups is 2. The summed E-state index contributed by atoms with van der Waals surface area (Å²) in [4.78, 5) is 25.8. The molecule has 1 rings (SSSR count). The van der Waals surface area contributed by atoms with Gasteiger partial charge in [0.05, 0.1) is 5.56 Å². The molecule has 0 aliphatic rings. The Morgan fingerprint density at radius 1 is 1.29 bits per heavy atom. The van der Waals surface area contributed by atoms with Crippen LogP contribution in [0.4, 0.5) is 4.39 Å². The number of halogens is 1. The molecule has 0 saturated carbocycles. The van der Waals surface area contributed by atoms with E-state index in [1.165, 1.54) is 17.0 Å². The first-order chi connectivity index (χ1) is 9.72. The monoisotopic (exact) mass is 294 g/mol. The summed E-state index contributed by atoms with van der Waals surface area (Å²) in [5.41, 5.74) is 0.760. The molecule has 0 bridgehead atoms. The number of hydrogen-bond acceptors (Lipinski definition) is 2. The highest BCUT2D eigenvalue weighted by molar-refractivity contribution is 5.97. The van der Waals surface area contributed by atoms with E-state index >= 15 is 0 Å². The average molecular weight is 294 g/mol. The minimum Gasteiger partial charge on any atom is -0.347 e. The summed E-state index contributed by atoms with van der Waals surface area (Å²) in [7, 11) is 3.27. The number of nitrogens with zero attached hydrogens (tertiary/aromatic N) is 1. The Labute approximate surface area is 125 Å². The van der Waals surface area contributed by atoms with E-state index in [0.29, 0.717) is 6.42 Å². The van der Waals surface area contributed by atoms with Crippen LogP contribution in [0.2, 0.25) is 0 Å². The second-order valence-electron chi connectivity index (χ2n) is 5.87. The second-order valence-corrected chi connectivity index (χ2v) is 5.87. The molecule has 0 aliphatic carbocycles. The number of benzene rings is 1. The minimum atomic E-state index is -0.646. The molecule has 0 saturated heterocycles. The highest BCUT2D eigenvalue weighted by atomic mass is 19.1. The third kappa shape index (κ3) is 4.85. The molecule has 0 spiro atoms. The van der Waals surface area contributed by atoms with E-state index in [4.69, 9.17) is 0 Å². The fourth-order valence-electron chi connectivity index (χ4n) is 2.05. The Morgan fingerprint density at radius 2 is 1.90 bits per heavy atom. The van der Waals surface area contributed by atoms with Crippen molar-refractivity contribution in [2.45, 2.75) is 33.2 Å². The molecular weight excluding hydrogens is 271 g/mol. The SMILES string of the molecule is Cc1ccc(F)c(C(=O)NC(CC(C)C)C(=O)N(C)C)c1. The van der Waals surface area contributed by atoms with Crippen molar-refractivity contribution in [2.75, 3.05) is 14.1 Å². The quantitative estimate of drug-likeness (QED) is 0.906. The van der Waals surface area contributed by atoms with E-state index in [9.17, 15) is 14.0 Å². The first kappa shape index (κ1) is 17.1. The van der Waals surface area contributed by atoms with Crippen LogP contribution in [0.3, 0.4) is 0 Å². The van der Waals surface area contributed by atoms with Crippen molar-refractivity contribution >= 4 is 11.8 Å². The lowest BCUT2D eigenvalue weighted by atomic mass is 10.0. The third-order valence-corrected chi connectivity index (χ3v) is 3.12. The van der Waals surface area contributed by atoms with Crippen LogP contribution < -0.4 is 5.32 Å². The number of amides is 2. The molecule has 0 heterocycles. The molecule has 1 unspecified atom stereocenters. The summed E-state index contributed by atoms with van der Waals surface area (Å²) < 4.78 is 13.7. The number of carbonyl (C=O) groups excluding carboxylic acids is 2. The normalized spacial score (nSPS) is 12.1. The van der Waals surface area contributed by atoms with Crippen molar-refractivity contribution in [1.29, 1.82) is 0 Å². The van der Waals surface area contributed by atoms with Crippen LogP contribution in [0, 0.1) is 18.7 Å². The molecule has 0 fully saturated rings. The Kier molecular flexibility index (Phi) is 5.88. The van der Waals surface area contributed by atoms with Gasteiger partial charge in [-0.3, -0.25) is 9.59 Å². The van der Waals surface area contributed by atoms with Gasteiger partial charge in [-0.15, -0.1) is 0 Å². The van der Waals surface area contributed by atoms with E-state index < -0.39 is 17.8 Å². The van der Waals surface area contributed by atoms with Gasteiger partial charge in [0.2, 0.25) is 5.91 Å². The lowest BCUT2D eigenvalue weighted by molar-refractivity contribution is -0.131. The van der Waals surface area contributed by atoms with Gasteiger partial charge in [0.1, 0.15) is 11.9 Å². The number of rotatable bonds is 5. The van der Waals surface area contributed by atoms with E-state index in [-0.39, 0.29) is 17.4 Å². The Balaban J connectivity index is 2.94. The molecule has 1 aromatic rings. The highest BCUT2D eigenvalue weighted by Crippen LogP contribution is 2.12. The van der Waals surface area contributed by atoms with Gasteiger partial charge in [0.15, 0.2) is 0 Å². The first-order valence-electron chi connectivity index (χ1n) is 7.00. The summed E-state index contributed by atoms with van der Waals surface area (Å²) in [5.74, 6) is -1.09. The third-order valence-electron chi connectivity index (χ3n) is 3.12. The lowest BCUT2D eigenvalue weighted by Crippen LogP contribution is -2.47. The topological polar surface area (TPSA) is 49.4 Å². The van der Waals surface area contributed by atoms with Gasteiger partial charge < -0.3 is 10.2 Å². The number of nitrogens with one attached hydrogen (secondary N) is 1. The smallest absolute Gasteiger partial charge is 0.254 e. The molecule has 0 aliphatic heterocycles. The summed E-state index contributed by atoms with van der Waals surface area (Å²) in [6.45, 7) is 5.72. The maximum absolute atomic E-state index is 13.7. The summed E-state index contributed by atoms with van der Waals surface area (Å²) in [5, 5.41) is 2.64. The lowest BCUT2D eigenvalue weighted by Gasteiger charge is -2.23. The maximum Gasteiger partial charge on any atom is 0.254 e. The van der Waals surface area contributed by atoms with Gasteiger partial charge in [-0.25, -0.2) is 4.39 Å². The Bertz CT molecular complexity index is 527. The van der Waals surface area contributed by atoms with E-state index in [1.807, 2.05) is 13.8 Å². The number of likely N-dealkylation sites (N-methyl/N-ethyl adjacent to an activating group) is 1. The molecule has 0 aromatic heterocycles. The van der Waals surface area contributed by atoms with Crippen molar-refractivity contribution in [3.05, 3.63) is 35.1 Å². The molecule has 0 radical (unpaired) electrons. The average Bonchev–Trinajstić information content (AvgIpc) is 2.39. The van der Waals surface area contributed by atoms with Crippen LogP contribution in [0.25, 0.3) is 0 Å². The zero-order chi connectivity index (χ0) is 16.2. The zero-order valence-corrected chi connectivity index (χ0v) is 13.2. The van der Waals surface area contributed by atoms with Gasteiger partial charge in [-0.2, -0.15) is 0 Å². The minimum absolute atomic E-state index is 0.0321. The molecule has 2 amide bonds. The van der Waals surface area contributed by atoms with Crippen LogP contribution in [-0.2, 0) is 4.79 Å². The van der Waals surface area contributed by atoms with Crippen molar-refractivity contribution in [3.63, 3.8) is 0 Å². The largest absolute Gasteiger partial charge is 0.347 e. The predicted octanol–water partition coefficient (Wildman–Crippen LogP) is 2.37. The number of aryl methyl sites for hydroxylation is 1. The van der Waals surface area contributed by atoms with Crippen LogP contribution >= 0.6 is 0 Å². The van der Waals surface area contributed by atoms with Crippen LogP contribution in [-0.4, -0.2) is 36.9 Å². The van der Waals surface area contributed by atoms with E-state index in [2.05, 4.69) is 5.32 Å². The zero-order valence-electron chi connectivity index (χ0n) is 13.2. The summed E-state index contributed by atoms with van der Waals surface area (Å²) in [6, 6.07) is 3.70. The predicted molar refractivity (Wildman–Crippen MR) is 80.5 cm³/mol. The molecule has 21 heavy (non-hydrogen) atoms. The van der Waals surface area contributed by atoms with Gasteiger partial charge >= 0.3 is 0 Å². The molecule has 1 N–H and O–H groups in total. The number of hydrogen-bond donors (Lipinski definition) is 1. The van der Waals surface area contributed by atoms with Gasteiger partial charge in [-0.1, -0.05) is 25.5 Å². The first-order valence-corrected chi connectivity index (χ1v) is 7.00. The van der Waals surface area contributed by atoms with Crippen LogP contribution in [0.15, 0.2) is 18.2 Å². The fourth-order valence-corrected chi connectivity index (χ4v) is 2.05. The Morgan fingerprint density at radius 3 is 2.43 bits per heavy atom. The van der Waals surface area contributed by atoms with Crippen LogP contribution in [0.1, 0.15) is 36.2 Å². The maximum atomic E-state index is 13.7. The second kappa shape index (κ2) is 7.20. The van der Waals surface area contributed by atoms with Gasteiger partial charge in [0.25, 0.3) is 5.91 Å². The summed E-state index contributed by atoms with van der Waals surface area (Å²) >= 11 is 0. The molecular formula is C16H23FN2O2.